The van der Waals surface area contributed by atoms with Crippen molar-refractivity contribution in [3.8, 4) is 0 Å². The van der Waals surface area contributed by atoms with E-state index in [1.807, 2.05) is 24.7 Å². The topological polar surface area (TPSA) is 120 Å². The second-order valence-electron chi connectivity index (χ2n) is 6.09. The van der Waals surface area contributed by atoms with Gasteiger partial charge in [0.15, 0.2) is 5.69 Å². The first-order chi connectivity index (χ1) is 12.9. The van der Waals surface area contributed by atoms with Gasteiger partial charge in [-0.15, -0.1) is 0 Å². The largest absolute Gasteiger partial charge is 0.476 e. The Labute approximate surface area is 155 Å². The maximum absolute atomic E-state index is 12.1. The lowest BCUT2D eigenvalue weighted by Crippen LogP contribution is -2.14. The molecule has 3 aromatic heterocycles. The number of anilines is 1. The first kappa shape index (κ1) is 18.4. The highest BCUT2D eigenvalue weighted by Crippen LogP contribution is 2.11. The van der Waals surface area contributed by atoms with Crippen molar-refractivity contribution in [2.45, 2.75) is 39.9 Å². The fourth-order valence-corrected chi connectivity index (χ4v) is 2.61. The van der Waals surface area contributed by atoms with Gasteiger partial charge in [0, 0.05) is 43.7 Å². The average molecular weight is 371 g/mol. The van der Waals surface area contributed by atoms with Gasteiger partial charge in [-0.25, -0.2) is 4.79 Å². The van der Waals surface area contributed by atoms with Crippen LogP contribution in [0.3, 0.4) is 0 Å². The van der Waals surface area contributed by atoms with Crippen LogP contribution in [0.5, 0.6) is 0 Å². The number of nitrogens with one attached hydrogen (secondary N) is 1. The van der Waals surface area contributed by atoms with E-state index in [2.05, 4.69) is 20.6 Å². The third-order valence-electron chi connectivity index (χ3n) is 4.05. The van der Waals surface area contributed by atoms with Gasteiger partial charge in [0.1, 0.15) is 0 Å². The van der Waals surface area contributed by atoms with Gasteiger partial charge in [0.2, 0.25) is 5.91 Å². The lowest BCUT2D eigenvalue weighted by molar-refractivity contribution is -0.116. The number of carboxylic acids is 1. The monoisotopic (exact) mass is 371 g/mol. The van der Waals surface area contributed by atoms with Crippen molar-refractivity contribution >= 4 is 17.6 Å². The first-order valence-electron chi connectivity index (χ1n) is 8.56. The molecule has 0 bridgehead atoms. The van der Waals surface area contributed by atoms with Gasteiger partial charge in [0.25, 0.3) is 0 Å². The van der Waals surface area contributed by atoms with Crippen molar-refractivity contribution < 1.29 is 14.7 Å². The Balaban J connectivity index is 1.52. The Hall–Kier alpha value is -3.43. The Bertz CT molecular complexity index is 954. The Morgan fingerprint density at radius 3 is 2.67 bits per heavy atom. The van der Waals surface area contributed by atoms with Crippen LogP contribution >= 0.6 is 0 Å². The summed E-state index contributed by atoms with van der Waals surface area (Å²) in [4.78, 5) is 22.9. The number of nitrogens with zero attached hydrogens (tertiary/aromatic N) is 6. The zero-order valence-electron chi connectivity index (χ0n) is 15.2. The highest BCUT2D eigenvalue weighted by Gasteiger charge is 2.10. The summed E-state index contributed by atoms with van der Waals surface area (Å²) in [5.74, 6) is -1.29. The number of carboxylic acid groups (broad SMARTS) is 1. The maximum Gasteiger partial charge on any atom is 0.356 e. The molecule has 2 N–H and O–H groups in total. The van der Waals surface area contributed by atoms with Crippen molar-refractivity contribution in [1.29, 1.82) is 0 Å². The first-order valence-corrected chi connectivity index (χ1v) is 8.56. The van der Waals surface area contributed by atoms with Crippen LogP contribution in [-0.2, 0) is 24.4 Å². The lowest BCUT2D eigenvalue weighted by atomic mass is 10.3. The predicted octanol–water partition coefficient (Wildman–Crippen LogP) is 1.38. The van der Waals surface area contributed by atoms with Crippen molar-refractivity contribution in [3.63, 3.8) is 0 Å². The minimum atomic E-state index is -1.09. The highest BCUT2D eigenvalue weighted by atomic mass is 16.4. The zero-order chi connectivity index (χ0) is 19.4. The summed E-state index contributed by atoms with van der Waals surface area (Å²) >= 11 is 0. The molecule has 0 saturated carbocycles. The molecule has 3 aromatic rings. The molecule has 0 aliphatic rings. The summed E-state index contributed by atoms with van der Waals surface area (Å²) in [5.41, 5.74) is 2.59. The highest BCUT2D eigenvalue weighted by molar-refractivity contribution is 5.90. The molecule has 0 spiro atoms. The molecular weight excluding hydrogens is 350 g/mol. The standard InChI is InChI=1S/C17H21N7O3/c1-3-22-9-13(12(2)20-22)10-24-11-14(8-18-24)19-16(25)5-7-23-6-4-15(21-23)17(26)27/h4,6,8-9,11H,3,5,7,10H2,1-2H3,(H,19,25)(H,26,27). The molecule has 0 radical (unpaired) electrons. The SMILES string of the molecule is CCn1cc(Cn2cc(NC(=O)CCn3ccc(C(=O)O)n3)cn2)c(C)n1. The van der Waals surface area contributed by atoms with E-state index in [-0.39, 0.29) is 18.0 Å². The minimum absolute atomic E-state index is 0.0432. The number of carbonyl (C=O) groups is 2. The summed E-state index contributed by atoms with van der Waals surface area (Å²) in [6.07, 6.45) is 7.05. The average Bonchev–Trinajstić information content (AvgIpc) is 3.34. The smallest absolute Gasteiger partial charge is 0.356 e. The number of aromatic nitrogens is 6. The second kappa shape index (κ2) is 7.85. The Morgan fingerprint density at radius 1 is 1.19 bits per heavy atom. The van der Waals surface area contributed by atoms with E-state index in [9.17, 15) is 9.59 Å². The van der Waals surface area contributed by atoms with Gasteiger partial charge in [-0.1, -0.05) is 0 Å². The van der Waals surface area contributed by atoms with Crippen LogP contribution in [0.2, 0.25) is 0 Å². The summed E-state index contributed by atoms with van der Waals surface area (Å²) < 4.78 is 5.05. The molecule has 0 aromatic carbocycles. The van der Waals surface area contributed by atoms with E-state index in [1.165, 1.54) is 16.9 Å². The van der Waals surface area contributed by atoms with Crippen LogP contribution in [0.15, 0.2) is 30.9 Å². The van der Waals surface area contributed by atoms with E-state index in [4.69, 9.17) is 5.11 Å². The van der Waals surface area contributed by atoms with Crippen LogP contribution in [0.1, 0.15) is 35.1 Å². The molecule has 142 valence electrons. The minimum Gasteiger partial charge on any atom is -0.476 e. The number of aromatic carboxylic acids is 1. The molecule has 0 aliphatic carbocycles. The number of carbonyl (C=O) groups excluding carboxylic acids is 1. The molecular formula is C17H21N7O3. The molecule has 0 fully saturated rings. The van der Waals surface area contributed by atoms with Gasteiger partial charge in [-0.2, -0.15) is 15.3 Å². The quantitative estimate of drug-likeness (QED) is 0.617. The van der Waals surface area contributed by atoms with Crippen molar-refractivity contribution in [2.75, 3.05) is 5.32 Å². The lowest BCUT2D eigenvalue weighted by Gasteiger charge is -2.03. The van der Waals surface area contributed by atoms with Crippen LogP contribution in [0.4, 0.5) is 5.69 Å². The number of hydrogen-bond donors (Lipinski definition) is 2. The van der Waals surface area contributed by atoms with Gasteiger partial charge in [-0.05, 0) is 19.9 Å². The number of hydrogen-bond acceptors (Lipinski definition) is 5. The normalized spacial score (nSPS) is 10.9. The van der Waals surface area contributed by atoms with Crippen LogP contribution in [0, 0.1) is 6.92 Å². The van der Waals surface area contributed by atoms with Crippen LogP contribution in [0.25, 0.3) is 0 Å². The third kappa shape index (κ3) is 4.60. The number of rotatable bonds is 8. The second-order valence-corrected chi connectivity index (χ2v) is 6.09. The molecule has 0 aliphatic heterocycles. The molecule has 0 atom stereocenters. The van der Waals surface area contributed by atoms with Gasteiger partial charge in [0.05, 0.1) is 24.1 Å². The van der Waals surface area contributed by atoms with Crippen LogP contribution < -0.4 is 5.32 Å². The molecule has 27 heavy (non-hydrogen) atoms. The summed E-state index contributed by atoms with van der Waals surface area (Å²) in [6.45, 7) is 5.67. The van der Waals surface area contributed by atoms with Gasteiger partial charge in [-0.3, -0.25) is 18.8 Å². The van der Waals surface area contributed by atoms with E-state index in [1.54, 1.807) is 17.1 Å². The fourth-order valence-electron chi connectivity index (χ4n) is 2.61. The van der Waals surface area contributed by atoms with E-state index < -0.39 is 5.97 Å². The Kier molecular flexibility index (Phi) is 5.34. The molecule has 3 rings (SSSR count). The van der Waals surface area contributed by atoms with Gasteiger partial charge < -0.3 is 10.4 Å². The van der Waals surface area contributed by atoms with Gasteiger partial charge >= 0.3 is 5.97 Å². The summed E-state index contributed by atoms with van der Waals surface area (Å²) in [5, 5.41) is 24.2. The predicted molar refractivity (Wildman–Crippen MR) is 96.4 cm³/mol. The van der Waals surface area contributed by atoms with E-state index in [0.717, 1.165) is 17.8 Å². The zero-order valence-corrected chi connectivity index (χ0v) is 15.2. The number of aryl methyl sites for hydroxylation is 3. The fraction of sp³-hybridized carbons (Fsp3) is 0.353. The summed E-state index contributed by atoms with van der Waals surface area (Å²) in [7, 11) is 0. The molecule has 0 saturated heterocycles. The third-order valence-corrected chi connectivity index (χ3v) is 4.05. The molecule has 10 heteroatoms. The van der Waals surface area contributed by atoms with E-state index >= 15 is 0 Å². The summed E-state index contributed by atoms with van der Waals surface area (Å²) in [6, 6.07) is 1.40. The van der Waals surface area contributed by atoms with Crippen molar-refractivity contribution in [1.82, 2.24) is 29.3 Å². The van der Waals surface area contributed by atoms with Crippen molar-refractivity contribution in [3.05, 3.63) is 47.8 Å². The van der Waals surface area contributed by atoms with Crippen LogP contribution in [-0.4, -0.2) is 46.3 Å². The molecule has 0 unspecified atom stereocenters. The van der Waals surface area contributed by atoms with Crippen molar-refractivity contribution in [2.24, 2.45) is 0 Å². The maximum atomic E-state index is 12.1. The molecule has 10 nitrogen and oxygen atoms in total. The Morgan fingerprint density at radius 2 is 2.00 bits per heavy atom. The molecule has 1 amide bonds. The number of amides is 1. The van der Waals surface area contributed by atoms with E-state index in [0.29, 0.717) is 18.8 Å². The molecule has 3 heterocycles.